The molecule has 2 N–H and O–H groups in total. The maximum Gasteiger partial charge on any atom is 0.0951 e. The van der Waals surface area contributed by atoms with Gasteiger partial charge in [0, 0.05) is 30.2 Å². The van der Waals surface area contributed by atoms with Crippen molar-refractivity contribution in [2.45, 2.75) is 32.2 Å². The van der Waals surface area contributed by atoms with Gasteiger partial charge in [-0.2, -0.15) is 0 Å². The summed E-state index contributed by atoms with van der Waals surface area (Å²) in [6.45, 7) is 1.08. The molecule has 0 aliphatic heterocycles. The average molecular weight is 254 g/mol. The molecule has 0 atom stereocenters. The van der Waals surface area contributed by atoms with Gasteiger partial charge in [-0.15, -0.1) is 0 Å². The second-order valence-corrected chi connectivity index (χ2v) is 6.01. The van der Waals surface area contributed by atoms with Crippen molar-refractivity contribution in [3.8, 4) is 11.3 Å². The van der Waals surface area contributed by atoms with Crippen molar-refractivity contribution in [3.05, 3.63) is 31.0 Å². The lowest BCUT2D eigenvalue weighted by atomic mass is 10.0. The fourth-order valence-electron chi connectivity index (χ4n) is 3.18. The Balaban J connectivity index is 1.68. The van der Waals surface area contributed by atoms with Crippen LogP contribution in [0.3, 0.4) is 0 Å². The van der Waals surface area contributed by atoms with E-state index in [9.17, 15) is 0 Å². The van der Waals surface area contributed by atoms with Crippen LogP contribution in [0.25, 0.3) is 11.3 Å². The molecule has 0 radical (unpaired) electrons. The summed E-state index contributed by atoms with van der Waals surface area (Å²) in [6.07, 6.45) is 13.0. The van der Waals surface area contributed by atoms with E-state index >= 15 is 0 Å². The molecule has 2 aromatic heterocycles. The van der Waals surface area contributed by atoms with E-state index in [1.165, 1.54) is 25.7 Å². The van der Waals surface area contributed by atoms with Gasteiger partial charge in [-0.05, 0) is 43.1 Å². The Bertz CT molecular complexity index is 608. The number of nitrogens with two attached hydrogens (primary N) is 1. The van der Waals surface area contributed by atoms with Crippen molar-refractivity contribution in [2.75, 3.05) is 5.73 Å². The van der Waals surface area contributed by atoms with E-state index in [1.54, 1.807) is 6.20 Å². The van der Waals surface area contributed by atoms with E-state index in [0.717, 1.165) is 29.4 Å². The Labute approximate surface area is 112 Å². The molecule has 4 rings (SSSR count). The molecular formula is C15H18N4. The molecule has 0 unspecified atom stereocenters. The SMILES string of the molecule is Nc1ccncc1-c1cncn1CC1(C2CC2)CC1. The predicted octanol–water partition coefficient (Wildman–Crippen LogP) is 2.72. The van der Waals surface area contributed by atoms with Gasteiger partial charge in [0.2, 0.25) is 0 Å². The smallest absolute Gasteiger partial charge is 0.0951 e. The Morgan fingerprint density at radius 2 is 2.11 bits per heavy atom. The molecule has 0 spiro atoms. The van der Waals surface area contributed by atoms with Crippen LogP contribution in [0.1, 0.15) is 25.7 Å². The quantitative estimate of drug-likeness (QED) is 0.912. The topological polar surface area (TPSA) is 56.7 Å². The van der Waals surface area contributed by atoms with Gasteiger partial charge in [0.05, 0.1) is 18.2 Å². The highest BCUT2D eigenvalue weighted by atomic mass is 15.1. The molecule has 2 fully saturated rings. The normalized spacial score (nSPS) is 20.4. The highest BCUT2D eigenvalue weighted by molar-refractivity contribution is 5.72. The fourth-order valence-corrected chi connectivity index (χ4v) is 3.18. The summed E-state index contributed by atoms with van der Waals surface area (Å²) in [5.74, 6) is 0.953. The fraction of sp³-hybridized carbons (Fsp3) is 0.467. The molecular weight excluding hydrogens is 236 g/mol. The molecule has 4 nitrogen and oxygen atoms in total. The summed E-state index contributed by atoms with van der Waals surface area (Å²) in [6, 6.07) is 1.85. The lowest BCUT2D eigenvalue weighted by molar-refractivity contribution is 0.372. The lowest BCUT2D eigenvalue weighted by Crippen LogP contribution is -2.14. The van der Waals surface area contributed by atoms with Gasteiger partial charge in [-0.25, -0.2) is 4.98 Å². The molecule has 2 aliphatic carbocycles. The van der Waals surface area contributed by atoms with E-state index in [0.29, 0.717) is 5.41 Å². The summed E-state index contributed by atoms with van der Waals surface area (Å²) >= 11 is 0. The summed E-state index contributed by atoms with van der Waals surface area (Å²) in [5.41, 5.74) is 9.47. The van der Waals surface area contributed by atoms with E-state index in [4.69, 9.17) is 5.73 Å². The van der Waals surface area contributed by atoms with Crippen LogP contribution >= 0.6 is 0 Å². The molecule has 2 aliphatic rings. The third-order valence-electron chi connectivity index (χ3n) is 4.66. The Morgan fingerprint density at radius 1 is 1.26 bits per heavy atom. The largest absolute Gasteiger partial charge is 0.398 e. The van der Waals surface area contributed by atoms with Gasteiger partial charge in [-0.3, -0.25) is 4.98 Å². The first-order chi connectivity index (χ1) is 9.28. The first-order valence-electron chi connectivity index (χ1n) is 6.98. The van der Waals surface area contributed by atoms with Gasteiger partial charge < -0.3 is 10.3 Å². The van der Waals surface area contributed by atoms with Gasteiger partial charge >= 0.3 is 0 Å². The molecule has 98 valence electrons. The van der Waals surface area contributed by atoms with Gasteiger partial charge in [0.15, 0.2) is 0 Å². The second-order valence-electron chi connectivity index (χ2n) is 6.01. The van der Waals surface area contributed by atoms with Crippen molar-refractivity contribution >= 4 is 5.69 Å². The van der Waals surface area contributed by atoms with E-state index in [-0.39, 0.29) is 0 Å². The molecule has 0 saturated heterocycles. The zero-order valence-electron chi connectivity index (χ0n) is 10.9. The molecule has 19 heavy (non-hydrogen) atoms. The Kier molecular flexibility index (Phi) is 2.22. The summed E-state index contributed by atoms with van der Waals surface area (Å²) in [5, 5.41) is 0. The van der Waals surface area contributed by atoms with E-state index in [1.807, 2.05) is 24.8 Å². The monoisotopic (exact) mass is 254 g/mol. The third kappa shape index (κ3) is 1.82. The first-order valence-corrected chi connectivity index (χ1v) is 6.98. The summed E-state index contributed by atoms with van der Waals surface area (Å²) in [4.78, 5) is 8.49. The minimum atomic E-state index is 0.562. The zero-order chi connectivity index (χ0) is 12.9. The molecule has 0 aromatic carbocycles. The summed E-state index contributed by atoms with van der Waals surface area (Å²) < 4.78 is 2.26. The minimum absolute atomic E-state index is 0.562. The number of aromatic nitrogens is 3. The van der Waals surface area contributed by atoms with Crippen molar-refractivity contribution in [3.63, 3.8) is 0 Å². The van der Waals surface area contributed by atoms with Gasteiger partial charge in [0.25, 0.3) is 0 Å². The van der Waals surface area contributed by atoms with Crippen LogP contribution in [0.4, 0.5) is 5.69 Å². The zero-order valence-corrected chi connectivity index (χ0v) is 10.9. The van der Waals surface area contributed by atoms with Crippen molar-refractivity contribution < 1.29 is 0 Å². The number of hydrogen-bond donors (Lipinski definition) is 1. The number of rotatable bonds is 4. The number of imidazole rings is 1. The lowest BCUT2D eigenvalue weighted by Gasteiger charge is -2.17. The van der Waals surface area contributed by atoms with Crippen LogP contribution in [0.5, 0.6) is 0 Å². The van der Waals surface area contributed by atoms with Gasteiger partial charge in [-0.1, -0.05) is 0 Å². The van der Waals surface area contributed by atoms with E-state index in [2.05, 4.69) is 14.5 Å². The molecule has 2 heterocycles. The van der Waals surface area contributed by atoms with Crippen molar-refractivity contribution in [1.29, 1.82) is 0 Å². The Morgan fingerprint density at radius 3 is 2.79 bits per heavy atom. The van der Waals surface area contributed by atoms with Crippen LogP contribution in [-0.2, 0) is 6.54 Å². The molecule has 0 amide bonds. The summed E-state index contributed by atoms with van der Waals surface area (Å²) in [7, 11) is 0. The maximum absolute atomic E-state index is 6.05. The molecule has 2 saturated carbocycles. The number of nitrogens with zero attached hydrogens (tertiary/aromatic N) is 3. The number of pyridine rings is 1. The third-order valence-corrected chi connectivity index (χ3v) is 4.66. The van der Waals surface area contributed by atoms with Crippen molar-refractivity contribution in [2.24, 2.45) is 11.3 Å². The highest BCUT2D eigenvalue weighted by Crippen LogP contribution is 2.62. The van der Waals surface area contributed by atoms with Crippen molar-refractivity contribution in [1.82, 2.24) is 14.5 Å². The number of hydrogen-bond acceptors (Lipinski definition) is 3. The van der Waals surface area contributed by atoms with Crippen LogP contribution in [0.15, 0.2) is 31.0 Å². The van der Waals surface area contributed by atoms with Gasteiger partial charge in [0.1, 0.15) is 0 Å². The second kappa shape index (κ2) is 3.83. The molecule has 4 heteroatoms. The maximum atomic E-state index is 6.05. The van der Waals surface area contributed by atoms with Crippen LogP contribution in [0.2, 0.25) is 0 Å². The van der Waals surface area contributed by atoms with E-state index < -0.39 is 0 Å². The molecule has 2 aromatic rings. The average Bonchev–Trinajstić information content (AvgIpc) is 3.29. The number of nitrogen functional groups attached to an aromatic ring is 1. The predicted molar refractivity (Wildman–Crippen MR) is 74.3 cm³/mol. The number of anilines is 1. The first kappa shape index (κ1) is 11.0. The Hall–Kier alpha value is -1.84. The highest BCUT2D eigenvalue weighted by Gasteiger charge is 2.53. The minimum Gasteiger partial charge on any atom is -0.398 e. The standard InChI is InChI=1S/C15H18N4/c16-13-3-6-17-7-12(13)14-8-18-10-19(14)9-15(4-5-15)11-1-2-11/h3,6-8,10-11H,1-2,4-5,9H2,(H2,16,17). The van der Waals surface area contributed by atoms with Crippen LogP contribution in [-0.4, -0.2) is 14.5 Å². The van der Waals surface area contributed by atoms with Crippen LogP contribution in [0, 0.1) is 11.3 Å². The molecule has 0 bridgehead atoms. The van der Waals surface area contributed by atoms with Crippen LogP contribution < -0.4 is 5.73 Å².